The zero-order valence-corrected chi connectivity index (χ0v) is 9.09. The fourth-order valence-corrected chi connectivity index (χ4v) is 2.46. The van der Waals surface area contributed by atoms with Crippen molar-refractivity contribution in [2.45, 2.75) is 25.8 Å². The van der Waals surface area contributed by atoms with Crippen LogP contribution >= 0.6 is 11.3 Å². The summed E-state index contributed by atoms with van der Waals surface area (Å²) in [5.74, 6) is 0.499. The van der Waals surface area contributed by atoms with Crippen molar-refractivity contribution >= 4 is 11.3 Å². The first kappa shape index (κ1) is 10.0. The molecular weight excluding hydrogens is 198 g/mol. The van der Waals surface area contributed by atoms with Crippen LogP contribution in [0.5, 0.6) is 0 Å². The molecule has 1 aliphatic rings. The summed E-state index contributed by atoms with van der Waals surface area (Å²) in [6, 6.07) is 0.171. The second-order valence-electron chi connectivity index (χ2n) is 3.71. The highest BCUT2D eigenvalue weighted by Crippen LogP contribution is 2.19. The van der Waals surface area contributed by atoms with Gasteiger partial charge in [-0.15, -0.1) is 21.5 Å². The second kappa shape index (κ2) is 4.33. The lowest BCUT2D eigenvalue weighted by Crippen LogP contribution is -2.32. The monoisotopic (exact) mass is 213 g/mol. The van der Waals surface area contributed by atoms with Crippen molar-refractivity contribution in [3.05, 3.63) is 10.0 Å². The Bertz CT molecular complexity index is 296. The minimum Gasteiger partial charge on any atom is -0.381 e. The van der Waals surface area contributed by atoms with E-state index in [9.17, 15) is 0 Å². The highest BCUT2D eigenvalue weighted by molar-refractivity contribution is 7.11. The predicted octanol–water partition coefficient (Wildman–Crippen LogP) is 0.753. The maximum absolute atomic E-state index is 6.08. The van der Waals surface area contributed by atoms with Crippen LogP contribution in [0, 0.1) is 12.8 Å². The Labute approximate surface area is 87.5 Å². The van der Waals surface area contributed by atoms with Crippen molar-refractivity contribution < 1.29 is 4.74 Å². The third-order valence-electron chi connectivity index (χ3n) is 2.55. The van der Waals surface area contributed by atoms with Gasteiger partial charge in [-0.1, -0.05) is 0 Å². The quantitative estimate of drug-likeness (QED) is 0.805. The van der Waals surface area contributed by atoms with Gasteiger partial charge in [0.25, 0.3) is 0 Å². The fraction of sp³-hybridized carbons (Fsp3) is 0.778. The molecule has 0 aromatic carbocycles. The van der Waals surface area contributed by atoms with Gasteiger partial charge < -0.3 is 10.5 Å². The third-order valence-corrected chi connectivity index (χ3v) is 3.41. The molecule has 0 saturated carbocycles. The Hall–Kier alpha value is -0.520. The number of hydrogen-bond donors (Lipinski definition) is 1. The van der Waals surface area contributed by atoms with E-state index in [2.05, 4.69) is 10.2 Å². The molecule has 4 nitrogen and oxygen atoms in total. The Morgan fingerprint density at radius 3 is 3.07 bits per heavy atom. The molecule has 1 fully saturated rings. The molecule has 2 N–H and O–H groups in total. The van der Waals surface area contributed by atoms with Crippen LogP contribution in [0.1, 0.15) is 16.4 Å². The largest absolute Gasteiger partial charge is 0.381 e. The summed E-state index contributed by atoms with van der Waals surface area (Å²) in [6.07, 6.45) is 1.92. The van der Waals surface area contributed by atoms with Gasteiger partial charge in [0.1, 0.15) is 10.0 Å². The second-order valence-corrected chi connectivity index (χ2v) is 4.97. The first-order chi connectivity index (χ1) is 6.75. The molecule has 0 radical (unpaired) electrons. The number of aromatic nitrogens is 2. The van der Waals surface area contributed by atoms with E-state index in [1.54, 1.807) is 11.3 Å². The van der Waals surface area contributed by atoms with E-state index < -0.39 is 0 Å². The normalized spacial score (nSPS) is 24.0. The number of rotatable bonds is 3. The van der Waals surface area contributed by atoms with E-state index in [-0.39, 0.29) is 6.04 Å². The maximum Gasteiger partial charge on any atom is 0.119 e. The van der Waals surface area contributed by atoms with Gasteiger partial charge >= 0.3 is 0 Å². The van der Waals surface area contributed by atoms with Crippen molar-refractivity contribution in [1.29, 1.82) is 0 Å². The van der Waals surface area contributed by atoms with E-state index in [1.165, 1.54) is 0 Å². The van der Waals surface area contributed by atoms with E-state index in [4.69, 9.17) is 10.5 Å². The molecule has 0 amide bonds. The Morgan fingerprint density at radius 2 is 2.50 bits per heavy atom. The molecule has 2 rings (SSSR count). The summed E-state index contributed by atoms with van der Waals surface area (Å²) in [5.41, 5.74) is 6.08. The summed E-state index contributed by atoms with van der Waals surface area (Å²) in [6.45, 7) is 3.62. The maximum atomic E-state index is 6.08. The van der Waals surface area contributed by atoms with Crippen LogP contribution in [0.25, 0.3) is 0 Å². The molecule has 2 heterocycles. The molecule has 2 atom stereocenters. The zero-order valence-electron chi connectivity index (χ0n) is 8.27. The molecule has 0 spiro atoms. The Kier molecular flexibility index (Phi) is 3.10. The smallest absolute Gasteiger partial charge is 0.119 e. The fourth-order valence-electron chi connectivity index (χ4n) is 1.68. The summed E-state index contributed by atoms with van der Waals surface area (Å²) in [4.78, 5) is 0. The number of aryl methyl sites for hydroxylation is 1. The minimum absolute atomic E-state index is 0.171. The molecular formula is C9H15N3OS. The van der Waals surface area contributed by atoms with Gasteiger partial charge in [-0.3, -0.25) is 0 Å². The lowest BCUT2D eigenvalue weighted by atomic mass is 9.97. The topological polar surface area (TPSA) is 61.0 Å². The van der Waals surface area contributed by atoms with Crippen LogP contribution < -0.4 is 5.73 Å². The predicted molar refractivity (Wildman–Crippen MR) is 55.3 cm³/mol. The van der Waals surface area contributed by atoms with Crippen LogP contribution in [0.2, 0.25) is 0 Å². The lowest BCUT2D eigenvalue weighted by molar-refractivity contribution is 0.180. The minimum atomic E-state index is 0.171. The first-order valence-corrected chi connectivity index (χ1v) is 5.69. The average molecular weight is 213 g/mol. The SMILES string of the molecule is Cc1nnc(CC(N)C2CCOC2)s1. The van der Waals surface area contributed by atoms with Crippen molar-refractivity contribution in [1.82, 2.24) is 10.2 Å². The van der Waals surface area contributed by atoms with E-state index in [1.807, 2.05) is 6.92 Å². The van der Waals surface area contributed by atoms with Gasteiger partial charge in [0.15, 0.2) is 0 Å². The van der Waals surface area contributed by atoms with Gasteiger partial charge in [0.05, 0.1) is 6.61 Å². The molecule has 1 aliphatic heterocycles. The van der Waals surface area contributed by atoms with Crippen molar-refractivity contribution in [2.24, 2.45) is 11.7 Å². The summed E-state index contributed by atoms with van der Waals surface area (Å²) >= 11 is 1.63. The molecule has 78 valence electrons. The lowest BCUT2D eigenvalue weighted by Gasteiger charge is -2.15. The molecule has 5 heteroatoms. The zero-order chi connectivity index (χ0) is 9.97. The molecule has 14 heavy (non-hydrogen) atoms. The van der Waals surface area contributed by atoms with Crippen molar-refractivity contribution in [3.8, 4) is 0 Å². The third kappa shape index (κ3) is 2.29. The number of ether oxygens (including phenoxy) is 1. The van der Waals surface area contributed by atoms with Crippen molar-refractivity contribution in [3.63, 3.8) is 0 Å². The summed E-state index contributed by atoms with van der Waals surface area (Å²) < 4.78 is 5.31. The van der Waals surface area contributed by atoms with E-state index >= 15 is 0 Å². The van der Waals surface area contributed by atoms with Crippen LogP contribution in [-0.2, 0) is 11.2 Å². The molecule has 1 aromatic rings. The van der Waals surface area contributed by atoms with Crippen LogP contribution in [0.3, 0.4) is 0 Å². The number of nitrogens with two attached hydrogens (primary N) is 1. The molecule has 1 aromatic heterocycles. The average Bonchev–Trinajstić information content (AvgIpc) is 2.75. The standard InChI is InChI=1S/C9H15N3OS/c1-6-11-12-9(14-6)4-8(10)7-2-3-13-5-7/h7-8H,2-5,10H2,1H3. The first-order valence-electron chi connectivity index (χ1n) is 4.88. The summed E-state index contributed by atoms with van der Waals surface area (Å²) in [5, 5.41) is 10.1. The molecule has 0 bridgehead atoms. The molecule has 1 saturated heterocycles. The number of hydrogen-bond acceptors (Lipinski definition) is 5. The van der Waals surface area contributed by atoms with E-state index in [0.29, 0.717) is 5.92 Å². The van der Waals surface area contributed by atoms with Gasteiger partial charge in [-0.05, 0) is 19.3 Å². The number of nitrogens with zero attached hydrogens (tertiary/aromatic N) is 2. The van der Waals surface area contributed by atoms with E-state index in [0.717, 1.165) is 36.1 Å². The highest BCUT2D eigenvalue weighted by atomic mass is 32.1. The van der Waals surface area contributed by atoms with Gasteiger partial charge in [0, 0.05) is 19.1 Å². The van der Waals surface area contributed by atoms with Gasteiger partial charge in [-0.2, -0.15) is 0 Å². The van der Waals surface area contributed by atoms with Gasteiger partial charge in [-0.25, -0.2) is 0 Å². The highest BCUT2D eigenvalue weighted by Gasteiger charge is 2.23. The van der Waals surface area contributed by atoms with Crippen LogP contribution in [-0.4, -0.2) is 29.5 Å². The molecule has 2 unspecified atom stereocenters. The summed E-state index contributed by atoms with van der Waals surface area (Å²) in [7, 11) is 0. The van der Waals surface area contributed by atoms with Gasteiger partial charge in [0.2, 0.25) is 0 Å². The van der Waals surface area contributed by atoms with Crippen molar-refractivity contribution in [2.75, 3.05) is 13.2 Å². The van der Waals surface area contributed by atoms with Crippen LogP contribution in [0.15, 0.2) is 0 Å². The Balaban J connectivity index is 1.90. The Morgan fingerprint density at radius 1 is 1.64 bits per heavy atom. The molecule has 0 aliphatic carbocycles. The van der Waals surface area contributed by atoms with Crippen LogP contribution in [0.4, 0.5) is 0 Å².